The molecule has 0 bridgehead atoms. The lowest BCUT2D eigenvalue weighted by atomic mass is 9.77. The summed E-state index contributed by atoms with van der Waals surface area (Å²) in [6.07, 6.45) is 1.17. The molecule has 1 aliphatic rings. The molecule has 88 valence electrons. The Balaban J connectivity index is 2.23. The van der Waals surface area contributed by atoms with Crippen molar-refractivity contribution < 1.29 is 0 Å². The number of halogens is 2. The highest BCUT2D eigenvalue weighted by molar-refractivity contribution is 6.35. The first kappa shape index (κ1) is 12.2. The normalized spacial score (nSPS) is 24.4. The van der Waals surface area contributed by atoms with Crippen molar-refractivity contribution >= 4 is 23.2 Å². The molecule has 1 N–H and O–H groups in total. The van der Waals surface area contributed by atoms with Crippen LogP contribution in [0.25, 0.3) is 0 Å². The van der Waals surface area contributed by atoms with Crippen LogP contribution < -0.4 is 5.32 Å². The summed E-state index contributed by atoms with van der Waals surface area (Å²) in [7, 11) is 0. The molecule has 1 saturated heterocycles. The van der Waals surface area contributed by atoms with Crippen molar-refractivity contribution in [2.45, 2.75) is 26.2 Å². The van der Waals surface area contributed by atoms with E-state index in [1.165, 1.54) is 12.0 Å². The molecule has 1 fully saturated rings. The Morgan fingerprint density at radius 3 is 2.69 bits per heavy atom. The molecule has 3 heteroatoms. The van der Waals surface area contributed by atoms with Gasteiger partial charge in [-0.25, -0.2) is 0 Å². The number of hydrogen-bond donors (Lipinski definition) is 1. The Morgan fingerprint density at radius 2 is 2.06 bits per heavy atom. The highest BCUT2D eigenvalue weighted by Crippen LogP contribution is 2.37. The average molecular weight is 258 g/mol. The van der Waals surface area contributed by atoms with Gasteiger partial charge in [0, 0.05) is 23.1 Å². The molecule has 1 nitrogen and oxygen atoms in total. The van der Waals surface area contributed by atoms with Gasteiger partial charge in [0.1, 0.15) is 0 Å². The van der Waals surface area contributed by atoms with Gasteiger partial charge in [-0.1, -0.05) is 43.1 Å². The van der Waals surface area contributed by atoms with Crippen molar-refractivity contribution in [3.8, 4) is 0 Å². The van der Waals surface area contributed by atoms with Crippen molar-refractivity contribution in [2.24, 2.45) is 5.41 Å². The maximum absolute atomic E-state index is 6.24. The summed E-state index contributed by atoms with van der Waals surface area (Å²) in [5, 5.41) is 4.97. The second-order valence-electron chi connectivity index (χ2n) is 5.36. The van der Waals surface area contributed by atoms with E-state index in [0.717, 1.165) is 18.1 Å². The Bertz CT molecular complexity index is 388. The molecule has 0 aromatic heterocycles. The topological polar surface area (TPSA) is 12.0 Å². The number of hydrogen-bond acceptors (Lipinski definition) is 1. The minimum absolute atomic E-state index is 0.339. The van der Waals surface area contributed by atoms with Gasteiger partial charge < -0.3 is 5.32 Å². The van der Waals surface area contributed by atoms with E-state index < -0.39 is 0 Å². The van der Waals surface area contributed by atoms with Gasteiger partial charge in [-0.2, -0.15) is 0 Å². The van der Waals surface area contributed by atoms with Crippen LogP contribution in [0.5, 0.6) is 0 Å². The summed E-state index contributed by atoms with van der Waals surface area (Å²) in [6, 6.07) is 5.81. The third-order valence-corrected chi connectivity index (χ3v) is 3.76. The first-order valence-electron chi connectivity index (χ1n) is 5.64. The zero-order valence-electron chi connectivity index (χ0n) is 9.69. The van der Waals surface area contributed by atoms with Crippen LogP contribution >= 0.6 is 23.2 Å². The van der Waals surface area contributed by atoms with Gasteiger partial charge in [-0.3, -0.25) is 0 Å². The summed E-state index contributed by atoms with van der Waals surface area (Å²) >= 11 is 12.2. The number of benzene rings is 1. The molecule has 1 atom stereocenters. The number of rotatable bonds is 1. The fourth-order valence-corrected chi connectivity index (χ4v) is 3.01. The Labute approximate surface area is 107 Å². The van der Waals surface area contributed by atoms with E-state index in [-0.39, 0.29) is 0 Å². The van der Waals surface area contributed by atoms with Gasteiger partial charge in [0.25, 0.3) is 0 Å². The summed E-state index contributed by atoms with van der Waals surface area (Å²) < 4.78 is 0. The molecule has 1 aromatic carbocycles. The molecule has 2 rings (SSSR count). The first-order valence-corrected chi connectivity index (χ1v) is 6.39. The molecule has 0 spiro atoms. The molecule has 16 heavy (non-hydrogen) atoms. The highest BCUT2D eigenvalue weighted by atomic mass is 35.5. The van der Waals surface area contributed by atoms with E-state index in [0.29, 0.717) is 16.4 Å². The molecular weight excluding hydrogens is 241 g/mol. The van der Waals surface area contributed by atoms with Gasteiger partial charge in [0.15, 0.2) is 0 Å². The molecule has 1 aliphatic heterocycles. The van der Waals surface area contributed by atoms with Crippen molar-refractivity contribution in [1.29, 1.82) is 0 Å². The van der Waals surface area contributed by atoms with Crippen LogP contribution in [0.1, 0.15) is 31.7 Å². The third kappa shape index (κ3) is 2.71. The van der Waals surface area contributed by atoms with E-state index in [9.17, 15) is 0 Å². The Morgan fingerprint density at radius 1 is 1.31 bits per heavy atom. The second-order valence-corrected chi connectivity index (χ2v) is 6.21. The van der Waals surface area contributed by atoms with Crippen molar-refractivity contribution in [3.05, 3.63) is 33.8 Å². The Hall–Kier alpha value is -0.240. The van der Waals surface area contributed by atoms with Gasteiger partial charge in [0.05, 0.1) is 0 Å². The van der Waals surface area contributed by atoms with Gasteiger partial charge in [-0.05, 0) is 35.4 Å². The SMILES string of the molecule is CC1(C)CNCC(c2ccc(Cl)cc2Cl)C1. The smallest absolute Gasteiger partial charge is 0.0456 e. The summed E-state index contributed by atoms with van der Waals surface area (Å²) in [5.74, 6) is 0.494. The molecule has 1 aromatic rings. The van der Waals surface area contributed by atoms with E-state index in [1.54, 1.807) is 0 Å². The predicted molar refractivity (Wildman–Crippen MR) is 70.5 cm³/mol. The van der Waals surface area contributed by atoms with Crippen LogP contribution in [0.2, 0.25) is 10.0 Å². The Kier molecular flexibility index (Phi) is 3.48. The van der Waals surface area contributed by atoms with Crippen molar-refractivity contribution in [3.63, 3.8) is 0 Å². The number of piperidine rings is 1. The molecule has 0 aliphatic carbocycles. The highest BCUT2D eigenvalue weighted by Gasteiger charge is 2.29. The van der Waals surface area contributed by atoms with Gasteiger partial charge in [0.2, 0.25) is 0 Å². The van der Waals surface area contributed by atoms with Gasteiger partial charge >= 0.3 is 0 Å². The van der Waals surface area contributed by atoms with Crippen LogP contribution in [0.15, 0.2) is 18.2 Å². The fourth-order valence-electron chi connectivity index (χ4n) is 2.45. The minimum atomic E-state index is 0.339. The monoisotopic (exact) mass is 257 g/mol. The molecule has 0 saturated carbocycles. The van der Waals surface area contributed by atoms with Crippen molar-refractivity contribution in [1.82, 2.24) is 5.32 Å². The van der Waals surface area contributed by atoms with E-state index >= 15 is 0 Å². The summed E-state index contributed by atoms with van der Waals surface area (Å²) in [5.41, 5.74) is 1.55. The lowest BCUT2D eigenvalue weighted by molar-refractivity contribution is 0.240. The van der Waals surface area contributed by atoms with Crippen LogP contribution in [0.3, 0.4) is 0 Å². The first-order chi connectivity index (χ1) is 7.48. The van der Waals surface area contributed by atoms with Gasteiger partial charge in [-0.15, -0.1) is 0 Å². The average Bonchev–Trinajstić information content (AvgIpc) is 2.15. The molecule has 0 amide bonds. The zero-order valence-corrected chi connectivity index (χ0v) is 11.2. The maximum atomic E-state index is 6.24. The standard InChI is InChI=1S/C13H17Cl2N/c1-13(2)6-9(7-16-8-13)11-4-3-10(14)5-12(11)15/h3-5,9,16H,6-8H2,1-2H3. The largest absolute Gasteiger partial charge is 0.316 e. The van der Waals surface area contributed by atoms with Crippen LogP contribution in [-0.2, 0) is 0 Å². The van der Waals surface area contributed by atoms with Crippen LogP contribution in [-0.4, -0.2) is 13.1 Å². The van der Waals surface area contributed by atoms with E-state index in [4.69, 9.17) is 23.2 Å². The lowest BCUT2D eigenvalue weighted by Gasteiger charge is -2.36. The zero-order chi connectivity index (χ0) is 11.8. The molecule has 1 heterocycles. The summed E-state index contributed by atoms with van der Waals surface area (Å²) in [4.78, 5) is 0. The molecule has 1 unspecified atom stereocenters. The summed E-state index contributed by atoms with van der Waals surface area (Å²) in [6.45, 7) is 6.66. The predicted octanol–water partition coefficient (Wildman–Crippen LogP) is 4.10. The van der Waals surface area contributed by atoms with Crippen LogP contribution in [0.4, 0.5) is 0 Å². The van der Waals surface area contributed by atoms with Crippen molar-refractivity contribution in [2.75, 3.05) is 13.1 Å². The fraction of sp³-hybridized carbons (Fsp3) is 0.538. The quantitative estimate of drug-likeness (QED) is 0.799. The second kappa shape index (κ2) is 4.56. The minimum Gasteiger partial charge on any atom is -0.316 e. The lowest BCUT2D eigenvalue weighted by Crippen LogP contribution is -2.40. The third-order valence-electron chi connectivity index (χ3n) is 3.20. The van der Waals surface area contributed by atoms with E-state index in [1.807, 2.05) is 12.1 Å². The van der Waals surface area contributed by atoms with Crippen LogP contribution in [0, 0.1) is 5.41 Å². The number of nitrogens with one attached hydrogen (secondary N) is 1. The molecular formula is C13H17Cl2N. The van der Waals surface area contributed by atoms with E-state index in [2.05, 4.69) is 25.2 Å². The molecule has 0 radical (unpaired) electrons. The maximum Gasteiger partial charge on any atom is 0.0456 e.